The van der Waals surface area contributed by atoms with Gasteiger partial charge in [0.1, 0.15) is 11.2 Å². The highest BCUT2D eigenvalue weighted by molar-refractivity contribution is 6.16. The Bertz CT molecular complexity index is 3730. The van der Waals surface area contributed by atoms with Crippen molar-refractivity contribution in [3.63, 3.8) is 0 Å². The van der Waals surface area contributed by atoms with E-state index in [2.05, 4.69) is 0 Å². The average Bonchev–Trinajstić information content (AvgIpc) is 3.72. The third-order valence-electron chi connectivity index (χ3n) is 9.13. The Balaban J connectivity index is 1.31. The molecule has 1 heteroatoms. The van der Waals surface area contributed by atoms with E-state index in [1.54, 1.807) is 12.1 Å². The highest BCUT2D eigenvalue weighted by atomic mass is 16.3. The van der Waals surface area contributed by atoms with Crippen LogP contribution in [0.5, 0.6) is 0 Å². The molecule has 234 valence electrons. The molecular formula is C49H32O. The maximum atomic E-state index is 9.63. The first-order valence-electron chi connectivity index (χ1n) is 24.4. The summed E-state index contributed by atoms with van der Waals surface area (Å²) in [5.74, 6) is 0. The zero-order valence-electron chi connectivity index (χ0n) is 43.1. The molecule has 0 aliphatic heterocycles. The van der Waals surface area contributed by atoms with Crippen molar-refractivity contribution < 1.29 is 27.7 Å². The number of furan rings is 1. The van der Waals surface area contributed by atoms with Crippen LogP contribution in [0.25, 0.3) is 87.6 Å². The molecule has 0 unspecified atom stereocenters. The third-order valence-corrected chi connectivity index (χ3v) is 9.13. The average molecular weight is 654 g/mol. The van der Waals surface area contributed by atoms with Gasteiger partial charge < -0.3 is 4.42 Å². The zero-order chi connectivity index (χ0) is 47.8. The van der Waals surface area contributed by atoms with Crippen LogP contribution < -0.4 is 0 Å². The minimum atomic E-state index is -0.779. The lowest BCUT2D eigenvalue weighted by molar-refractivity contribution is 0.671. The van der Waals surface area contributed by atoms with Gasteiger partial charge in [0.15, 0.2) is 0 Å². The lowest BCUT2D eigenvalue weighted by Crippen LogP contribution is -1.95. The van der Waals surface area contributed by atoms with Crippen molar-refractivity contribution in [2.75, 3.05) is 0 Å². The van der Waals surface area contributed by atoms with Gasteiger partial charge in [0, 0.05) is 21.9 Å². The maximum Gasteiger partial charge on any atom is 0.143 e. The summed E-state index contributed by atoms with van der Waals surface area (Å²) in [6.07, 6.45) is -0.662. The quantitative estimate of drug-likeness (QED) is 0.169. The second-order valence-corrected chi connectivity index (χ2v) is 11.9. The molecule has 0 fully saturated rings. The third kappa shape index (κ3) is 4.55. The molecule has 10 rings (SSSR count). The maximum absolute atomic E-state index is 9.63. The predicted octanol–water partition coefficient (Wildman–Crippen LogP) is 13.6. The second kappa shape index (κ2) is 11.6. The molecule has 0 aliphatic carbocycles. The van der Waals surface area contributed by atoms with Crippen LogP contribution in [-0.2, 0) is 6.42 Å². The molecule has 0 amide bonds. The van der Waals surface area contributed by atoms with Crippen molar-refractivity contribution in [2.45, 2.75) is 6.42 Å². The molecule has 0 bridgehead atoms. The Morgan fingerprint density at radius 2 is 0.920 bits per heavy atom. The number of fused-ring (bicyclic) bond motifs is 6. The smallest absolute Gasteiger partial charge is 0.143 e. The Morgan fingerprint density at radius 1 is 0.400 bits per heavy atom. The first-order chi connectivity index (χ1) is 31.9. The summed E-state index contributed by atoms with van der Waals surface area (Å²) in [6, 6.07) is 12.9. The summed E-state index contributed by atoms with van der Waals surface area (Å²) < 4.78 is 159. The van der Waals surface area contributed by atoms with E-state index in [0.717, 1.165) is 27.3 Å². The van der Waals surface area contributed by atoms with Crippen LogP contribution in [0, 0.1) is 0 Å². The van der Waals surface area contributed by atoms with Gasteiger partial charge in [-0.1, -0.05) is 182 Å². The molecule has 1 nitrogen and oxygen atoms in total. The van der Waals surface area contributed by atoms with Crippen LogP contribution in [0.2, 0.25) is 0 Å². The lowest BCUT2D eigenvalue weighted by Gasteiger charge is -2.18. The van der Waals surface area contributed by atoms with Crippen LogP contribution in [0.1, 0.15) is 34.4 Å². The number of benzene rings is 9. The molecule has 0 spiro atoms. The van der Waals surface area contributed by atoms with Gasteiger partial charge in [0.2, 0.25) is 0 Å². The van der Waals surface area contributed by atoms with Crippen molar-refractivity contribution in [2.24, 2.45) is 0 Å². The molecular weight excluding hydrogens is 605 g/mol. The Kier molecular flexibility index (Phi) is 3.79. The lowest BCUT2D eigenvalue weighted by atomic mass is 9.86. The van der Waals surface area contributed by atoms with E-state index in [9.17, 15) is 11.0 Å². The van der Waals surface area contributed by atoms with E-state index in [1.807, 2.05) is 66.7 Å². The Labute approximate surface area is 314 Å². The fourth-order valence-corrected chi connectivity index (χ4v) is 6.93. The summed E-state index contributed by atoms with van der Waals surface area (Å²) in [6.45, 7) is 0. The summed E-state index contributed by atoms with van der Waals surface area (Å²) in [5.41, 5.74) is 1.05. The van der Waals surface area contributed by atoms with Gasteiger partial charge in [0.25, 0.3) is 0 Å². The van der Waals surface area contributed by atoms with Gasteiger partial charge >= 0.3 is 0 Å². The summed E-state index contributed by atoms with van der Waals surface area (Å²) in [7, 11) is 0. The van der Waals surface area contributed by atoms with E-state index in [4.69, 9.17) is 16.8 Å². The molecule has 0 radical (unpaired) electrons. The van der Waals surface area contributed by atoms with E-state index in [0.29, 0.717) is 11.0 Å². The van der Waals surface area contributed by atoms with E-state index in [1.165, 1.54) is 0 Å². The predicted molar refractivity (Wildman–Crippen MR) is 212 cm³/mol. The molecule has 10 aromatic rings. The topological polar surface area (TPSA) is 13.1 Å². The highest BCUT2D eigenvalue weighted by Crippen LogP contribution is 2.43. The standard InChI is InChI=1S/C49H32O/c1-2-13-32(14-3-1)31-46-39-18-6-8-20-41(39)47(42-21-9-7-19-40(42)46)35-29-27-34(28-30-35)37-22-11-25-44-45-26-12-24-43(49(45)50-48(37)44)38-23-10-16-33-15-4-5-17-36(33)38/h1-30H,31H2/i1D,2D,3D,6D,7D,8D,9D,13D,14D,18D,19D,20D,21D,27D,28D,29D,30D. The minimum Gasteiger partial charge on any atom is -0.455 e. The van der Waals surface area contributed by atoms with E-state index in [-0.39, 0.29) is 38.6 Å². The van der Waals surface area contributed by atoms with Crippen molar-refractivity contribution in [3.8, 4) is 33.4 Å². The largest absolute Gasteiger partial charge is 0.455 e. The van der Waals surface area contributed by atoms with Gasteiger partial charge in [-0.25, -0.2) is 0 Å². The first kappa shape index (κ1) is 16.3. The fourth-order valence-electron chi connectivity index (χ4n) is 6.93. The van der Waals surface area contributed by atoms with Crippen molar-refractivity contribution in [3.05, 3.63) is 193 Å². The van der Waals surface area contributed by atoms with Gasteiger partial charge in [-0.2, -0.15) is 0 Å². The Hall–Kier alpha value is -6.44. The van der Waals surface area contributed by atoms with Crippen LogP contribution in [0.3, 0.4) is 0 Å². The van der Waals surface area contributed by atoms with Gasteiger partial charge in [-0.15, -0.1) is 0 Å². The molecule has 50 heavy (non-hydrogen) atoms. The molecule has 0 atom stereocenters. The number of hydrogen-bond donors (Lipinski definition) is 0. The molecule has 0 N–H and O–H groups in total. The molecule has 1 aromatic heterocycles. The van der Waals surface area contributed by atoms with Crippen molar-refractivity contribution in [1.29, 1.82) is 0 Å². The highest BCUT2D eigenvalue weighted by Gasteiger charge is 2.18. The zero-order valence-corrected chi connectivity index (χ0v) is 26.1. The second-order valence-electron chi connectivity index (χ2n) is 11.9. The molecule has 1 heterocycles. The normalized spacial score (nSPS) is 16.4. The monoisotopic (exact) mass is 653 g/mol. The summed E-state index contributed by atoms with van der Waals surface area (Å²) in [5, 5.41) is 1.83. The molecule has 9 aromatic carbocycles. The number of rotatable bonds is 5. The molecule has 0 aliphatic rings. The van der Waals surface area contributed by atoms with Gasteiger partial charge in [-0.05, 0) is 72.1 Å². The fraction of sp³-hybridized carbons (Fsp3) is 0.0204. The van der Waals surface area contributed by atoms with Crippen LogP contribution in [0.15, 0.2) is 186 Å². The van der Waals surface area contributed by atoms with Crippen LogP contribution in [0.4, 0.5) is 0 Å². The molecule has 0 saturated carbocycles. The van der Waals surface area contributed by atoms with Crippen molar-refractivity contribution in [1.82, 2.24) is 0 Å². The minimum absolute atomic E-state index is 0.162. The van der Waals surface area contributed by atoms with E-state index < -0.39 is 131 Å². The SMILES string of the molecule is [2H]c1c([2H])c([2H])c(Cc2c3c([2H])c([2H])c([2H])c([2H])c3c(-c3c([2H])c([2H])c(-c4cccc5c4oc4c(-c6cccc7ccccc67)cccc45)c([2H])c3[2H])c3c([2H])c([2H])c([2H])c([2H])c23)c([2H])c1[2H]. The molecule has 0 saturated heterocycles. The van der Waals surface area contributed by atoms with Crippen molar-refractivity contribution >= 4 is 54.3 Å². The summed E-state index contributed by atoms with van der Waals surface area (Å²) >= 11 is 0. The number of para-hydroxylation sites is 2. The number of hydrogen-bond acceptors (Lipinski definition) is 1. The van der Waals surface area contributed by atoms with Crippen LogP contribution in [-0.4, -0.2) is 0 Å². The van der Waals surface area contributed by atoms with Gasteiger partial charge in [0.05, 0.1) is 23.3 Å². The van der Waals surface area contributed by atoms with E-state index >= 15 is 0 Å². The summed E-state index contributed by atoms with van der Waals surface area (Å²) in [4.78, 5) is 0. The first-order valence-corrected chi connectivity index (χ1v) is 15.9. The Morgan fingerprint density at radius 3 is 1.64 bits per heavy atom. The van der Waals surface area contributed by atoms with Gasteiger partial charge in [-0.3, -0.25) is 0 Å². The van der Waals surface area contributed by atoms with Crippen LogP contribution >= 0.6 is 0 Å².